The van der Waals surface area contributed by atoms with E-state index in [1.807, 2.05) is 6.20 Å². The predicted molar refractivity (Wildman–Crippen MR) is 79.1 cm³/mol. The quantitative estimate of drug-likeness (QED) is 0.717. The van der Waals surface area contributed by atoms with Crippen molar-refractivity contribution >= 4 is 5.82 Å². The van der Waals surface area contributed by atoms with E-state index in [9.17, 15) is 0 Å². The van der Waals surface area contributed by atoms with E-state index in [0.29, 0.717) is 0 Å². The molecule has 0 atom stereocenters. The number of unbranched alkanes of at least 4 members (excludes halogenated alkanes) is 1. The van der Waals surface area contributed by atoms with Gasteiger partial charge in [0.2, 0.25) is 0 Å². The van der Waals surface area contributed by atoms with E-state index in [-0.39, 0.29) is 0 Å². The lowest BCUT2D eigenvalue weighted by Gasteiger charge is -2.20. The molecule has 0 amide bonds. The summed E-state index contributed by atoms with van der Waals surface area (Å²) in [5.41, 5.74) is 2.54. The molecular formula is C15H27N3. The minimum absolute atomic E-state index is 0.917. The van der Waals surface area contributed by atoms with Crippen molar-refractivity contribution in [2.75, 3.05) is 25.0 Å². The molecule has 0 aliphatic heterocycles. The second kappa shape index (κ2) is 8.09. The molecule has 18 heavy (non-hydrogen) atoms. The van der Waals surface area contributed by atoms with Crippen LogP contribution in [-0.2, 0) is 6.54 Å². The fraction of sp³-hybridized carbons (Fsp3) is 0.667. The lowest BCUT2D eigenvalue weighted by Crippen LogP contribution is -2.21. The average Bonchev–Trinajstić information content (AvgIpc) is 2.36. The van der Waals surface area contributed by atoms with Crippen LogP contribution in [0.25, 0.3) is 0 Å². The van der Waals surface area contributed by atoms with Gasteiger partial charge in [-0.2, -0.15) is 0 Å². The first kappa shape index (κ1) is 15.0. The molecule has 0 saturated carbocycles. The Morgan fingerprint density at radius 1 is 1.28 bits per heavy atom. The van der Waals surface area contributed by atoms with Gasteiger partial charge in [-0.15, -0.1) is 0 Å². The van der Waals surface area contributed by atoms with Gasteiger partial charge in [-0.25, -0.2) is 4.98 Å². The van der Waals surface area contributed by atoms with E-state index in [1.54, 1.807) is 0 Å². The normalized spacial score (nSPS) is 10.7. The highest BCUT2D eigenvalue weighted by molar-refractivity contribution is 5.46. The topological polar surface area (TPSA) is 28.2 Å². The first-order valence-electron chi connectivity index (χ1n) is 7.06. The van der Waals surface area contributed by atoms with Crippen LogP contribution in [0.4, 0.5) is 5.82 Å². The molecule has 3 heteroatoms. The van der Waals surface area contributed by atoms with Gasteiger partial charge in [0.05, 0.1) is 0 Å². The monoisotopic (exact) mass is 249 g/mol. The summed E-state index contributed by atoms with van der Waals surface area (Å²) >= 11 is 0. The maximum Gasteiger partial charge on any atom is 0.131 e. The molecule has 0 aliphatic carbocycles. The Morgan fingerprint density at radius 2 is 2.06 bits per heavy atom. The van der Waals surface area contributed by atoms with E-state index in [1.165, 1.54) is 30.4 Å². The van der Waals surface area contributed by atoms with Gasteiger partial charge in [-0.05, 0) is 43.5 Å². The zero-order valence-corrected chi connectivity index (χ0v) is 12.3. The molecule has 0 aliphatic rings. The number of aromatic nitrogens is 1. The van der Waals surface area contributed by atoms with Gasteiger partial charge in [-0.3, -0.25) is 0 Å². The van der Waals surface area contributed by atoms with Crippen molar-refractivity contribution in [2.24, 2.45) is 0 Å². The molecule has 0 bridgehead atoms. The Kier molecular flexibility index (Phi) is 6.73. The van der Waals surface area contributed by atoms with Gasteiger partial charge in [0.25, 0.3) is 0 Å². The number of pyridine rings is 1. The van der Waals surface area contributed by atoms with E-state index in [4.69, 9.17) is 0 Å². The molecule has 0 saturated heterocycles. The fourth-order valence-electron chi connectivity index (χ4n) is 2.03. The van der Waals surface area contributed by atoms with Gasteiger partial charge >= 0.3 is 0 Å². The summed E-state index contributed by atoms with van der Waals surface area (Å²) in [6.07, 6.45) is 5.61. The smallest absolute Gasteiger partial charge is 0.131 e. The zero-order chi connectivity index (χ0) is 13.4. The fourth-order valence-corrected chi connectivity index (χ4v) is 2.03. The van der Waals surface area contributed by atoms with Crippen molar-refractivity contribution in [2.45, 2.75) is 46.6 Å². The van der Waals surface area contributed by atoms with Crippen LogP contribution in [0.1, 0.15) is 44.2 Å². The maximum atomic E-state index is 4.60. The van der Waals surface area contributed by atoms with Crippen LogP contribution >= 0.6 is 0 Å². The Balaban J connectivity index is 2.61. The van der Waals surface area contributed by atoms with Gasteiger partial charge in [0.1, 0.15) is 5.82 Å². The summed E-state index contributed by atoms with van der Waals surface area (Å²) in [6, 6.07) is 2.24. The first-order chi connectivity index (χ1) is 8.69. The summed E-state index contributed by atoms with van der Waals surface area (Å²) in [7, 11) is 2.12. The Labute approximate surface area is 112 Å². The number of hydrogen-bond donors (Lipinski definition) is 1. The van der Waals surface area contributed by atoms with Crippen LogP contribution in [0.3, 0.4) is 0 Å². The molecule has 1 rings (SSSR count). The van der Waals surface area contributed by atoms with Crippen LogP contribution in [-0.4, -0.2) is 25.1 Å². The van der Waals surface area contributed by atoms with Crippen molar-refractivity contribution in [1.29, 1.82) is 0 Å². The third-order valence-corrected chi connectivity index (χ3v) is 3.07. The van der Waals surface area contributed by atoms with E-state index >= 15 is 0 Å². The van der Waals surface area contributed by atoms with Crippen molar-refractivity contribution in [3.8, 4) is 0 Å². The number of aryl methyl sites for hydroxylation is 1. The van der Waals surface area contributed by atoms with Crippen molar-refractivity contribution in [3.63, 3.8) is 0 Å². The molecular weight excluding hydrogens is 222 g/mol. The Bertz CT molecular complexity index is 350. The summed E-state index contributed by atoms with van der Waals surface area (Å²) in [4.78, 5) is 6.85. The lowest BCUT2D eigenvalue weighted by atomic mass is 10.2. The minimum Gasteiger partial charge on any atom is -0.359 e. The standard InChI is InChI=1S/C15H27N3/c1-5-7-9-18(4)15-13(3)10-14(12-17-15)11-16-8-6-2/h10,12,16H,5-9,11H2,1-4H3. The van der Waals surface area contributed by atoms with Crippen molar-refractivity contribution in [3.05, 3.63) is 23.4 Å². The van der Waals surface area contributed by atoms with Crippen LogP contribution in [0.2, 0.25) is 0 Å². The molecule has 102 valence electrons. The summed E-state index contributed by atoms with van der Waals surface area (Å²) in [5.74, 6) is 1.11. The molecule has 1 aromatic rings. The number of anilines is 1. The molecule has 0 radical (unpaired) electrons. The molecule has 1 heterocycles. The lowest BCUT2D eigenvalue weighted by molar-refractivity contribution is 0.673. The van der Waals surface area contributed by atoms with E-state index < -0.39 is 0 Å². The maximum absolute atomic E-state index is 4.60. The second-order valence-electron chi connectivity index (χ2n) is 4.94. The van der Waals surface area contributed by atoms with Crippen molar-refractivity contribution < 1.29 is 0 Å². The SMILES string of the molecule is CCCCN(C)c1ncc(CNCCC)cc1C. The van der Waals surface area contributed by atoms with Gasteiger partial charge in [0, 0.05) is 26.3 Å². The molecule has 1 aromatic heterocycles. The third kappa shape index (κ3) is 4.65. The minimum atomic E-state index is 0.917. The van der Waals surface area contributed by atoms with Gasteiger partial charge in [0.15, 0.2) is 0 Å². The Hall–Kier alpha value is -1.09. The van der Waals surface area contributed by atoms with Gasteiger partial charge in [-0.1, -0.05) is 20.3 Å². The predicted octanol–water partition coefficient (Wildman–Crippen LogP) is 3.13. The molecule has 0 unspecified atom stereocenters. The van der Waals surface area contributed by atoms with E-state index in [2.05, 4.69) is 49.1 Å². The molecule has 0 aromatic carbocycles. The highest BCUT2D eigenvalue weighted by Gasteiger charge is 2.06. The highest BCUT2D eigenvalue weighted by Crippen LogP contribution is 2.17. The molecule has 3 nitrogen and oxygen atoms in total. The summed E-state index contributed by atoms with van der Waals surface area (Å²) < 4.78 is 0. The van der Waals surface area contributed by atoms with Crippen molar-refractivity contribution in [1.82, 2.24) is 10.3 Å². The summed E-state index contributed by atoms with van der Waals surface area (Å²) in [6.45, 7) is 9.61. The zero-order valence-electron chi connectivity index (χ0n) is 12.3. The molecule has 0 spiro atoms. The van der Waals surface area contributed by atoms with Crippen LogP contribution in [0, 0.1) is 6.92 Å². The Morgan fingerprint density at radius 3 is 2.67 bits per heavy atom. The highest BCUT2D eigenvalue weighted by atomic mass is 15.2. The molecule has 1 N–H and O–H groups in total. The molecule has 0 fully saturated rings. The number of nitrogens with zero attached hydrogens (tertiary/aromatic N) is 2. The number of hydrogen-bond acceptors (Lipinski definition) is 3. The number of rotatable bonds is 8. The summed E-state index contributed by atoms with van der Waals surface area (Å²) in [5, 5.41) is 3.41. The van der Waals surface area contributed by atoms with Crippen LogP contribution < -0.4 is 10.2 Å². The van der Waals surface area contributed by atoms with Gasteiger partial charge < -0.3 is 10.2 Å². The average molecular weight is 249 g/mol. The first-order valence-corrected chi connectivity index (χ1v) is 7.06. The van der Waals surface area contributed by atoms with Crippen LogP contribution in [0.5, 0.6) is 0 Å². The second-order valence-corrected chi connectivity index (χ2v) is 4.94. The third-order valence-electron chi connectivity index (χ3n) is 3.07. The number of nitrogens with one attached hydrogen (secondary N) is 1. The largest absolute Gasteiger partial charge is 0.359 e. The van der Waals surface area contributed by atoms with Crippen LogP contribution in [0.15, 0.2) is 12.3 Å². The van der Waals surface area contributed by atoms with E-state index in [0.717, 1.165) is 25.5 Å².